The number of benzene rings is 1. The predicted octanol–water partition coefficient (Wildman–Crippen LogP) is 2.00. The van der Waals surface area contributed by atoms with Gasteiger partial charge in [0.15, 0.2) is 0 Å². The average molecular weight is 250 g/mol. The fourth-order valence-electron chi connectivity index (χ4n) is 1.86. The van der Waals surface area contributed by atoms with Crippen LogP contribution in [0.4, 0.5) is 0 Å². The third kappa shape index (κ3) is 2.74. The molecule has 1 aromatic heterocycles. The molecule has 0 amide bonds. The van der Waals surface area contributed by atoms with Crippen molar-refractivity contribution >= 4 is 9.84 Å². The molecule has 0 fully saturated rings. The summed E-state index contributed by atoms with van der Waals surface area (Å²) in [7, 11) is -3.37. The first-order chi connectivity index (χ1) is 7.97. The molecule has 2 aromatic rings. The van der Waals surface area contributed by atoms with Gasteiger partial charge in [0.25, 0.3) is 0 Å². The largest absolute Gasteiger partial charge is 0.336 e. The van der Waals surface area contributed by atoms with Crippen LogP contribution in [0.5, 0.6) is 0 Å². The van der Waals surface area contributed by atoms with Crippen molar-refractivity contribution in [2.45, 2.75) is 24.8 Å². The normalized spacial score (nSPS) is 11.6. The van der Waals surface area contributed by atoms with Crippen LogP contribution < -0.4 is 0 Å². The zero-order chi connectivity index (χ0) is 12.5. The first-order valence-electron chi connectivity index (χ1n) is 5.27. The highest BCUT2D eigenvalue weighted by Gasteiger charge is 2.17. The van der Waals surface area contributed by atoms with Gasteiger partial charge in [-0.05, 0) is 19.4 Å². The third-order valence-electron chi connectivity index (χ3n) is 2.41. The van der Waals surface area contributed by atoms with Gasteiger partial charge in [-0.3, -0.25) is 0 Å². The highest BCUT2D eigenvalue weighted by Crippen LogP contribution is 2.15. The van der Waals surface area contributed by atoms with E-state index in [-0.39, 0.29) is 10.9 Å². The van der Waals surface area contributed by atoms with E-state index in [0.29, 0.717) is 0 Å². The van der Waals surface area contributed by atoms with Gasteiger partial charge in [-0.15, -0.1) is 0 Å². The van der Waals surface area contributed by atoms with Gasteiger partial charge in [-0.1, -0.05) is 29.3 Å². The Labute approximate surface area is 101 Å². The summed E-state index contributed by atoms with van der Waals surface area (Å²) < 4.78 is 24.0. The zero-order valence-corrected chi connectivity index (χ0v) is 10.6. The average Bonchev–Trinajstić information content (AvgIpc) is 2.67. The minimum Gasteiger partial charge on any atom is -0.336 e. The van der Waals surface area contributed by atoms with Gasteiger partial charge in [0.2, 0.25) is 15.0 Å². The number of aromatic amines is 1. The molecule has 5 heteroatoms. The maximum Gasteiger partial charge on any atom is 0.225 e. The van der Waals surface area contributed by atoms with Crippen molar-refractivity contribution in [2.24, 2.45) is 0 Å². The topological polar surface area (TPSA) is 62.8 Å². The molecule has 1 N–H and O–H groups in total. The second-order valence-electron chi connectivity index (χ2n) is 4.15. The Morgan fingerprint density at radius 1 is 1.18 bits per heavy atom. The Morgan fingerprint density at radius 2 is 1.82 bits per heavy atom. The zero-order valence-electron chi connectivity index (χ0n) is 9.77. The van der Waals surface area contributed by atoms with Crippen molar-refractivity contribution in [1.29, 1.82) is 0 Å². The molecule has 1 heterocycles. The fraction of sp³-hybridized carbons (Fsp3) is 0.250. The summed E-state index contributed by atoms with van der Waals surface area (Å²) in [6.07, 6.45) is 2.95. The summed E-state index contributed by atoms with van der Waals surface area (Å²) in [6, 6.07) is 5.78. The van der Waals surface area contributed by atoms with E-state index in [1.807, 2.05) is 32.0 Å². The summed E-state index contributed by atoms with van der Waals surface area (Å²) in [6.45, 7) is 3.91. The molecule has 90 valence electrons. The van der Waals surface area contributed by atoms with E-state index < -0.39 is 9.84 Å². The van der Waals surface area contributed by atoms with Crippen LogP contribution in [-0.2, 0) is 15.6 Å². The van der Waals surface area contributed by atoms with E-state index in [0.717, 1.165) is 16.7 Å². The number of H-pyrrole nitrogens is 1. The van der Waals surface area contributed by atoms with Crippen LogP contribution in [0.1, 0.15) is 16.7 Å². The van der Waals surface area contributed by atoms with Crippen molar-refractivity contribution in [3.63, 3.8) is 0 Å². The maximum absolute atomic E-state index is 12.0. The smallest absolute Gasteiger partial charge is 0.225 e. The maximum atomic E-state index is 12.0. The van der Waals surface area contributed by atoms with Crippen LogP contribution in [0.25, 0.3) is 0 Å². The molecule has 0 saturated carbocycles. The summed E-state index contributed by atoms with van der Waals surface area (Å²) in [5.41, 5.74) is 2.92. The van der Waals surface area contributed by atoms with Crippen molar-refractivity contribution < 1.29 is 8.42 Å². The predicted molar refractivity (Wildman–Crippen MR) is 65.4 cm³/mol. The summed E-state index contributed by atoms with van der Waals surface area (Å²) >= 11 is 0. The van der Waals surface area contributed by atoms with Gasteiger partial charge in [-0.2, -0.15) is 0 Å². The van der Waals surface area contributed by atoms with Crippen LogP contribution in [-0.4, -0.2) is 18.4 Å². The lowest BCUT2D eigenvalue weighted by Gasteiger charge is -2.04. The number of sulfone groups is 1. The molecular weight excluding hydrogens is 236 g/mol. The van der Waals surface area contributed by atoms with Crippen LogP contribution in [0.3, 0.4) is 0 Å². The Bertz CT molecular complexity index is 596. The number of rotatable bonds is 3. The van der Waals surface area contributed by atoms with Gasteiger partial charge in [0.05, 0.1) is 5.75 Å². The first-order valence-corrected chi connectivity index (χ1v) is 6.92. The monoisotopic (exact) mass is 250 g/mol. The van der Waals surface area contributed by atoms with Crippen LogP contribution in [0.2, 0.25) is 0 Å². The molecule has 0 unspecified atom stereocenters. The highest BCUT2D eigenvalue weighted by molar-refractivity contribution is 7.90. The summed E-state index contributed by atoms with van der Waals surface area (Å²) in [5.74, 6) is -0.0248. The number of nitrogens with one attached hydrogen (secondary N) is 1. The Kier molecular flexibility index (Phi) is 3.02. The van der Waals surface area contributed by atoms with Gasteiger partial charge in [0, 0.05) is 12.4 Å². The molecule has 1 aromatic carbocycles. The quantitative estimate of drug-likeness (QED) is 0.906. The highest BCUT2D eigenvalue weighted by atomic mass is 32.2. The molecule has 17 heavy (non-hydrogen) atoms. The molecule has 0 radical (unpaired) electrons. The number of imidazole rings is 1. The number of nitrogens with zero attached hydrogens (tertiary/aromatic N) is 1. The van der Waals surface area contributed by atoms with Gasteiger partial charge >= 0.3 is 0 Å². The van der Waals surface area contributed by atoms with Crippen LogP contribution in [0.15, 0.2) is 35.7 Å². The summed E-state index contributed by atoms with van der Waals surface area (Å²) in [5, 5.41) is 0.0247. The minimum atomic E-state index is -3.37. The molecule has 0 aliphatic carbocycles. The molecule has 2 rings (SSSR count). The van der Waals surface area contributed by atoms with E-state index in [9.17, 15) is 8.42 Å². The second kappa shape index (κ2) is 4.33. The van der Waals surface area contributed by atoms with Gasteiger partial charge in [-0.25, -0.2) is 13.4 Å². The Balaban J connectivity index is 2.33. The Morgan fingerprint density at radius 3 is 2.35 bits per heavy atom. The van der Waals surface area contributed by atoms with Crippen LogP contribution >= 0.6 is 0 Å². The minimum absolute atomic E-state index is 0.0247. The number of hydrogen-bond donors (Lipinski definition) is 1. The number of aromatic nitrogens is 2. The van der Waals surface area contributed by atoms with Crippen molar-refractivity contribution in [3.05, 3.63) is 47.3 Å². The standard InChI is InChI=1S/C12H14N2O2S/c1-9-5-10(2)7-11(6-9)8-17(15,16)12-13-3-4-14-12/h3-7H,8H2,1-2H3,(H,13,14). The SMILES string of the molecule is Cc1cc(C)cc(CS(=O)(=O)c2ncc[nH]2)c1. The first kappa shape index (κ1) is 11.9. The molecule has 0 spiro atoms. The number of hydrogen-bond acceptors (Lipinski definition) is 3. The third-order valence-corrected chi connectivity index (χ3v) is 3.93. The van der Waals surface area contributed by atoms with E-state index >= 15 is 0 Å². The summed E-state index contributed by atoms with van der Waals surface area (Å²) in [4.78, 5) is 6.41. The van der Waals surface area contributed by atoms with E-state index in [4.69, 9.17) is 0 Å². The van der Waals surface area contributed by atoms with Gasteiger partial charge in [0.1, 0.15) is 0 Å². The molecule has 0 atom stereocenters. The van der Waals surface area contributed by atoms with Crippen molar-refractivity contribution in [2.75, 3.05) is 0 Å². The lowest BCUT2D eigenvalue weighted by atomic mass is 10.1. The van der Waals surface area contributed by atoms with Crippen LogP contribution in [0, 0.1) is 13.8 Å². The van der Waals surface area contributed by atoms with Crippen molar-refractivity contribution in [3.8, 4) is 0 Å². The van der Waals surface area contributed by atoms with Gasteiger partial charge < -0.3 is 4.98 Å². The molecule has 0 bridgehead atoms. The molecule has 0 aliphatic rings. The molecule has 0 aliphatic heterocycles. The lowest BCUT2D eigenvalue weighted by Crippen LogP contribution is -2.07. The number of aryl methyl sites for hydroxylation is 2. The molecule has 4 nitrogen and oxygen atoms in total. The van der Waals surface area contributed by atoms with Crippen molar-refractivity contribution in [1.82, 2.24) is 9.97 Å². The van der Waals surface area contributed by atoms with E-state index in [1.165, 1.54) is 12.4 Å². The lowest BCUT2D eigenvalue weighted by molar-refractivity contribution is 0.588. The Hall–Kier alpha value is -1.62. The second-order valence-corrected chi connectivity index (χ2v) is 6.05. The molecular formula is C12H14N2O2S. The van der Waals surface area contributed by atoms with E-state index in [2.05, 4.69) is 9.97 Å². The molecule has 0 saturated heterocycles. The fourth-order valence-corrected chi connectivity index (χ4v) is 3.07. The van der Waals surface area contributed by atoms with E-state index in [1.54, 1.807) is 0 Å².